The highest BCUT2D eigenvalue weighted by Gasteiger charge is 2.21. The quantitative estimate of drug-likeness (QED) is 0.791. The molecule has 4 nitrogen and oxygen atoms in total. The summed E-state index contributed by atoms with van der Waals surface area (Å²) in [6, 6.07) is 4.28. The van der Waals surface area contributed by atoms with Crippen LogP contribution in [0.2, 0.25) is 4.34 Å². The van der Waals surface area contributed by atoms with E-state index in [0.717, 1.165) is 4.34 Å². The van der Waals surface area contributed by atoms with Gasteiger partial charge in [0.25, 0.3) is 0 Å². The lowest BCUT2D eigenvalue weighted by atomic mass is 10.0. The van der Waals surface area contributed by atoms with Gasteiger partial charge < -0.3 is 15.4 Å². The molecule has 0 saturated carbocycles. The number of amides is 1. The maximum absolute atomic E-state index is 11.8. The SMILES string of the molecule is CC(NC(CNC(=O)OC(C)(C)C)C(C)C)c1ccc(Cl)s1. The first-order valence-electron chi connectivity index (χ1n) is 7.56. The number of halogens is 1. The van der Waals surface area contributed by atoms with Crippen LogP contribution in [0, 0.1) is 5.92 Å². The lowest BCUT2D eigenvalue weighted by Gasteiger charge is -2.27. The Balaban J connectivity index is 2.53. The van der Waals surface area contributed by atoms with Gasteiger partial charge >= 0.3 is 6.09 Å². The third-order valence-electron chi connectivity index (χ3n) is 3.15. The zero-order valence-corrected chi connectivity index (χ0v) is 15.8. The molecule has 0 aliphatic carbocycles. The van der Waals surface area contributed by atoms with Crippen LogP contribution in [0.15, 0.2) is 12.1 Å². The molecule has 0 bridgehead atoms. The summed E-state index contributed by atoms with van der Waals surface area (Å²) in [5.74, 6) is 0.382. The molecule has 126 valence electrons. The van der Waals surface area contributed by atoms with Crippen molar-refractivity contribution < 1.29 is 9.53 Å². The molecule has 22 heavy (non-hydrogen) atoms. The normalized spacial score (nSPS) is 14.7. The molecule has 1 heterocycles. The minimum atomic E-state index is -0.480. The fourth-order valence-corrected chi connectivity index (χ4v) is 3.03. The molecule has 1 amide bonds. The Morgan fingerprint density at radius 3 is 2.41 bits per heavy atom. The Bertz CT molecular complexity index is 483. The Hall–Kier alpha value is -0.780. The third-order valence-corrected chi connectivity index (χ3v) is 4.57. The summed E-state index contributed by atoms with van der Waals surface area (Å²) in [5.41, 5.74) is -0.480. The number of hydrogen-bond acceptors (Lipinski definition) is 4. The molecular weight excluding hydrogens is 320 g/mol. The zero-order valence-electron chi connectivity index (χ0n) is 14.2. The summed E-state index contributed by atoms with van der Waals surface area (Å²) >= 11 is 7.56. The number of hydrogen-bond donors (Lipinski definition) is 2. The molecule has 0 radical (unpaired) electrons. The van der Waals surface area contributed by atoms with Gasteiger partial charge in [0, 0.05) is 23.5 Å². The number of nitrogens with one attached hydrogen (secondary N) is 2. The van der Waals surface area contributed by atoms with Crippen LogP contribution in [-0.2, 0) is 4.74 Å². The lowest BCUT2D eigenvalue weighted by molar-refractivity contribution is 0.0518. The summed E-state index contributed by atoms with van der Waals surface area (Å²) in [5, 5.41) is 6.38. The molecule has 2 atom stereocenters. The van der Waals surface area contributed by atoms with Gasteiger partial charge in [-0.15, -0.1) is 11.3 Å². The van der Waals surface area contributed by atoms with E-state index in [4.69, 9.17) is 16.3 Å². The predicted molar refractivity (Wildman–Crippen MR) is 93.7 cm³/mol. The van der Waals surface area contributed by atoms with Gasteiger partial charge in [0.2, 0.25) is 0 Å². The average molecular weight is 347 g/mol. The molecule has 0 fully saturated rings. The van der Waals surface area contributed by atoms with Crippen LogP contribution >= 0.6 is 22.9 Å². The van der Waals surface area contributed by atoms with Crippen molar-refractivity contribution in [1.82, 2.24) is 10.6 Å². The molecule has 6 heteroatoms. The van der Waals surface area contributed by atoms with E-state index in [0.29, 0.717) is 12.5 Å². The second-order valence-corrected chi connectivity index (χ2v) is 8.51. The highest BCUT2D eigenvalue weighted by Crippen LogP contribution is 2.27. The molecule has 0 saturated heterocycles. The first kappa shape index (κ1) is 19.3. The van der Waals surface area contributed by atoms with E-state index >= 15 is 0 Å². The summed E-state index contributed by atoms with van der Waals surface area (Å²) in [7, 11) is 0. The van der Waals surface area contributed by atoms with Crippen LogP contribution < -0.4 is 10.6 Å². The van der Waals surface area contributed by atoms with Gasteiger partial charge in [-0.25, -0.2) is 4.79 Å². The largest absolute Gasteiger partial charge is 0.444 e. The first-order valence-corrected chi connectivity index (χ1v) is 8.76. The summed E-state index contributed by atoms with van der Waals surface area (Å²) in [6.07, 6.45) is -0.383. The molecule has 0 spiro atoms. The standard InChI is InChI=1S/C16H27ClN2O2S/c1-10(2)12(9-18-15(20)21-16(4,5)6)19-11(3)13-7-8-14(17)22-13/h7-8,10-12,19H,9H2,1-6H3,(H,18,20). The number of carbonyl (C=O) groups is 1. The van der Waals surface area contributed by atoms with E-state index < -0.39 is 5.60 Å². The fraction of sp³-hybridized carbons (Fsp3) is 0.688. The van der Waals surface area contributed by atoms with E-state index in [9.17, 15) is 4.79 Å². The Labute approximate surface area is 142 Å². The van der Waals surface area contributed by atoms with Crippen molar-refractivity contribution in [2.45, 2.75) is 59.2 Å². The summed E-state index contributed by atoms with van der Waals surface area (Å²) in [6.45, 7) is 12.4. The second-order valence-electron chi connectivity index (χ2n) is 6.76. The highest BCUT2D eigenvalue weighted by molar-refractivity contribution is 7.16. The Kier molecular flexibility index (Phi) is 7.16. The van der Waals surface area contributed by atoms with E-state index in [1.165, 1.54) is 4.88 Å². The van der Waals surface area contributed by atoms with Crippen molar-refractivity contribution in [2.24, 2.45) is 5.92 Å². The molecule has 2 unspecified atom stereocenters. The first-order chi connectivity index (χ1) is 10.1. The van der Waals surface area contributed by atoms with Gasteiger partial charge in [-0.3, -0.25) is 0 Å². The molecule has 0 aliphatic heterocycles. The topological polar surface area (TPSA) is 50.4 Å². The van der Waals surface area contributed by atoms with Crippen molar-refractivity contribution in [2.75, 3.05) is 6.54 Å². The number of carbonyl (C=O) groups excluding carboxylic acids is 1. The third kappa shape index (κ3) is 6.99. The minimum absolute atomic E-state index is 0.156. The van der Waals surface area contributed by atoms with Gasteiger partial charge in [0.15, 0.2) is 0 Å². The number of rotatable bonds is 6. The molecule has 0 aromatic carbocycles. The van der Waals surface area contributed by atoms with Crippen LogP contribution in [0.25, 0.3) is 0 Å². The van der Waals surface area contributed by atoms with Crippen molar-refractivity contribution in [3.63, 3.8) is 0 Å². The van der Waals surface area contributed by atoms with E-state index in [-0.39, 0.29) is 18.2 Å². The van der Waals surface area contributed by atoms with E-state index in [1.807, 2.05) is 32.9 Å². The van der Waals surface area contributed by atoms with Crippen LogP contribution in [0.1, 0.15) is 52.5 Å². The Morgan fingerprint density at radius 2 is 1.95 bits per heavy atom. The molecule has 1 rings (SSSR count). The monoisotopic (exact) mass is 346 g/mol. The van der Waals surface area contributed by atoms with Gasteiger partial charge in [-0.2, -0.15) is 0 Å². The predicted octanol–water partition coefficient (Wildman–Crippen LogP) is 4.60. The number of thiophene rings is 1. The fourth-order valence-electron chi connectivity index (χ4n) is 1.96. The van der Waals surface area contributed by atoms with E-state index in [1.54, 1.807) is 11.3 Å². The maximum atomic E-state index is 11.8. The minimum Gasteiger partial charge on any atom is -0.444 e. The van der Waals surface area contributed by atoms with Crippen molar-refractivity contribution in [1.29, 1.82) is 0 Å². The molecule has 1 aromatic heterocycles. The van der Waals surface area contributed by atoms with Crippen LogP contribution in [-0.4, -0.2) is 24.3 Å². The Morgan fingerprint density at radius 1 is 1.32 bits per heavy atom. The van der Waals surface area contributed by atoms with Gasteiger partial charge in [0.05, 0.1) is 4.34 Å². The molecule has 1 aromatic rings. The van der Waals surface area contributed by atoms with Crippen molar-refractivity contribution in [3.8, 4) is 0 Å². The summed E-state index contributed by atoms with van der Waals surface area (Å²) in [4.78, 5) is 13.0. The van der Waals surface area contributed by atoms with Crippen LogP contribution in [0.4, 0.5) is 4.79 Å². The highest BCUT2D eigenvalue weighted by atomic mass is 35.5. The molecule has 2 N–H and O–H groups in total. The average Bonchev–Trinajstić information content (AvgIpc) is 2.78. The zero-order chi connectivity index (χ0) is 16.9. The smallest absolute Gasteiger partial charge is 0.407 e. The number of alkyl carbamates (subject to hydrolysis) is 1. The molecular formula is C16H27ClN2O2S. The van der Waals surface area contributed by atoms with E-state index in [2.05, 4.69) is 31.4 Å². The van der Waals surface area contributed by atoms with Gasteiger partial charge in [0.1, 0.15) is 5.60 Å². The second kappa shape index (κ2) is 8.18. The summed E-state index contributed by atoms with van der Waals surface area (Å²) < 4.78 is 6.06. The van der Waals surface area contributed by atoms with Crippen LogP contribution in [0.3, 0.4) is 0 Å². The molecule has 0 aliphatic rings. The lowest BCUT2D eigenvalue weighted by Crippen LogP contribution is -2.46. The van der Waals surface area contributed by atoms with Crippen molar-refractivity contribution in [3.05, 3.63) is 21.3 Å². The van der Waals surface area contributed by atoms with Gasteiger partial charge in [-0.05, 0) is 45.7 Å². The number of ether oxygens (including phenoxy) is 1. The van der Waals surface area contributed by atoms with Gasteiger partial charge in [-0.1, -0.05) is 25.4 Å². The van der Waals surface area contributed by atoms with Crippen molar-refractivity contribution >= 4 is 29.0 Å². The maximum Gasteiger partial charge on any atom is 0.407 e. The van der Waals surface area contributed by atoms with Crippen LogP contribution in [0.5, 0.6) is 0 Å².